The predicted molar refractivity (Wildman–Crippen MR) is 54.1 cm³/mol. The fraction of sp³-hybridized carbons (Fsp3) is 0. The molecule has 0 atom stereocenters. The molecule has 0 aliphatic carbocycles. The van der Waals surface area contributed by atoms with Crippen LogP contribution in [0.3, 0.4) is 0 Å². The average Bonchev–Trinajstić information content (AvgIpc) is 2.30. The molecule has 0 N–H and O–H groups in total. The van der Waals surface area contributed by atoms with Crippen LogP contribution in [0.25, 0.3) is 0 Å². The molecule has 0 saturated heterocycles. The first kappa shape index (κ1) is 9.52. The molecule has 0 fully saturated rings. The Balaban J connectivity index is 2.42. The van der Waals surface area contributed by atoms with Gasteiger partial charge in [-0.25, -0.2) is 4.39 Å². The summed E-state index contributed by atoms with van der Waals surface area (Å²) < 4.78 is 13.3. The van der Waals surface area contributed by atoms with Crippen molar-refractivity contribution in [1.82, 2.24) is 4.98 Å². The molecule has 15 heavy (non-hydrogen) atoms. The zero-order chi connectivity index (χ0) is 10.7. The van der Waals surface area contributed by atoms with E-state index >= 15 is 0 Å². The molecule has 0 spiro atoms. The molecular weight excluding hydrogens is 193 g/mol. The van der Waals surface area contributed by atoms with Crippen LogP contribution in [-0.2, 0) is 0 Å². The van der Waals surface area contributed by atoms with Crippen LogP contribution in [-0.4, -0.2) is 10.8 Å². The molecule has 2 aromatic rings. The summed E-state index contributed by atoms with van der Waals surface area (Å²) in [6, 6.07) is 9.75. The summed E-state index contributed by atoms with van der Waals surface area (Å²) in [6.07, 6.45) is 2.56. The Labute approximate surface area is 86.4 Å². The van der Waals surface area contributed by atoms with Crippen molar-refractivity contribution >= 4 is 5.78 Å². The summed E-state index contributed by atoms with van der Waals surface area (Å²) in [5.74, 6) is -0.889. The topological polar surface area (TPSA) is 30.0 Å². The van der Waals surface area contributed by atoms with E-state index in [0.29, 0.717) is 5.56 Å². The van der Waals surface area contributed by atoms with Crippen molar-refractivity contribution in [1.29, 1.82) is 0 Å². The van der Waals surface area contributed by atoms with Gasteiger partial charge in [-0.15, -0.1) is 0 Å². The lowest BCUT2D eigenvalue weighted by Crippen LogP contribution is -2.04. The maximum Gasteiger partial charge on any atom is 0.197 e. The van der Waals surface area contributed by atoms with Gasteiger partial charge in [0.25, 0.3) is 0 Å². The Bertz CT molecular complexity index is 482. The number of benzene rings is 1. The van der Waals surface area contributed by atoms with Crippen LogP contribution < -0.4 is 0 Å². The fourth-order valence-electron chi connectivity index (χ4n) is 1.29. The third-order valence-electron chi connectivity index (χ3n) is 2.05. The van der Waals surface area contributed by atoms with Crippen molar-refractivity contribution in [2.45, 2.75) is 0 Å². The first-order valence-corrected chi connectivity index (χ1v) is 4.48. The van der Waals surface area contributed by atoms with E-state index < -0.39 is 5.82 Å². The summed E-state index contributed by atoms with van der Waals surface area (Å²) in [6.45, 7) is 0. The van der Waals surface area contributed by atoms with Gasteiger partial charge in [0, 0.05) is 18.0 Å². The second-order valence-electron chi connectivity index (χ2n) is 3.05. The first-order valence-electron chi connectivity index (χ1n) is 4.48. The lowest BCUT2D eigenvalue weighted by molar-refractivity contribution is 0.103. The van der Waals surface area contributed by atoms with Gasteiger partial charge in [-0.05, 0) is 6.07 Å². The van der Waals surface area contributed by atoms with Gasteiger partial charge in [-0.3, -0.25) is 9.78 Å². The van der Waals surface area contributed by atoms with E-state index in [0.717, 1.165) is 0 Å². The quantitative estimate of drug-likeness (QED) is 0.698. The number of ketones is 1. The second-order valence-corrected chi connectivity index (χ2v) is 3.05. The van der Waals surface area contributed by atoms with Crippen LogP contribution in [0.2, 0.25) is 0 Å². The second kappa shape index (κ2) is 4.00. The molecule has 0 bridgehead atoms. The number of hydrogen-bond donors (Lipinski definition) is 0. The zero-order valence-corrected chi connectivity index (χ0v) is 7.85. The van der Waals surface area contributed by atoms with Gasteiger partial charge in [0.2, 0.25) is 0 Å². The van der Waals surface area contributed by atoms with Crippen LogP contribution >= 0.6 is 0 Å². The van der Waals surface area contributed by atoms with Gasteiger partial charge in [0.05, 0.1) is 5.56 Å². The first-order chi connectivity index (χ1) is 7.29. The summed E-state index contributed by atoms with van der Waals surface area (Å²) >= 11 is 0. The Morgan fingerprint density at radius 2 is 1.87 bits per heavy atom. The van der Waals surface area contributed by atoms with Gasteiger partial charge in [0.15, 0.2) is 5.78 Å². The largest absolute Gasteiger partial charge is 0.288 e. The fourth-order valence-corrected chi connectivity index (χ4v) is 1.29. The van der Waals surface area contributed by atoms with Crippen LogP contribution in [0.4, 0.5) is 4.39 Å². The van der Waals surface area contributed by atoms with Crippen molar-refractivity contribution in [2.75, 3.05) is 0 Å². The minimum atomic E-state index is -0.543. The molecule has 0 aliphatic heterocycles. The third kappa shape index (κ3) is 1.91. The molecule has 2 nitrogen and oxygen atoms in total. The molecule has 74 valence electrons. The molecule has 0 saturated carbocycles. The van der Waals surface area contributed by atoms with E-state index in [1.54, 1.807) is 30.3 Å². The van der Waals surface area contributed by atoms with Gasteiger partial charge in [-0.2, -0.15) is 0 Å². The number of halogens is 1. The number of carbonyl (C=O) groups excluding carboxylic acids is 1. The van der Waals surface area contributed by atoms with Crippen LogP contribution in [0.1, 0.15) is 15.9 Å². The number of carbonyl (C=O) groups is 1. The highest BCUT2D eigenvalue weighted by Crippen LogP contribution is 2.11. The Morgan fingerprint density at radius 1 is 1.13 bits per heavy atom. The molecule has 1 heterocycles. The molecule has 1 aromatic carbocycles. The smallest absolute Gasteiger partial charge is 0.197 e. The highest BCUT2D eigenvalue weighted by Gasteiger charge is 2.12. The SMILES string of the molecule is O=C(c1ccccc1)c1cnccc1F. The Kier molecular flexibility index (Phi) is 2.54. The lowest BCUT2D eigenvalue weighted by Gasteiger charge is -2.00. The summed E-state index contributed by atoms with van der Waals surface area (Å²) in [5.41, 5.74) is 0.466. The monoisotopic (exact) mass is 201 g/mol. The third-order valence-corrected chi connectivity index (χ3v) is 2.05. The van der Waals surface area contributed by atoms with E-state index in [1.165, 1.54) is 18.5 Å². The lowest BCUT2D eigenvalue weighted by atomic mass is 10.1. The minimum absolute atomic E-state index is 0.00343. The van der Waals surface area contributed by atoms with Crippen LogP contribution in [0.15, 0.2) is 48.8 Å². The minimum Gasteiger partial charge on any atom is -0.288 e. The van der Waals surface area contributed by atoms with Gasteiger partial charge in [0.1, 0.15) is 5.82 Å². The predicted octanol–water partition coefficient (Wildman–Crippen LogP) is 2.45. The number of aromatic nitrogens is 1. The highest BCUT2D eigenvalue weighted by molar-refractivity contribution is 6.08. The molecule has 0 aliphatic rings. The summed E-state index contributed by atoms with van der Waals surface area (Å²) in [7, 11) is 0. The van der Waals surface area contributed by atoms with Crippen molar-refractivity contribution in [3.05, 3.63) is 65.7 Å². The van der Waals surface area contributed by atoms with E-state index in [-0.39, 0.29) is 11.3 Å². The van der Waals surface area contributed by atoms with Crippen molar-refractivity contribution in [2.24, 2.45) is 0 Å². The maximum atomic E-state index is 13.3. The average molecular weight is 201 g/mol. The summed E-state index contributed by atoms with van der Waals surface area (Å²) in [5, 5.41) is 0. The molecule has 2 rings (SSSR count). The van der Waals surface area contributed by atoms with E-state index in [1.807, 2.05) is 0 Å². The van der Waals surface area contributed by atoms with Gasteiger partial charge < -0.3 is 0 Å². The molecule has 0 unspecified atom stereocenters. The molecular formula is C12H8FNO. The maximum absolute atomic E-state index is 13.3. The summed E-state index contributed by atoms with van der Waals surface area (Å²) in [4.78, 5) is 15.5. The van der Waals surface area contributed by atoms with Gasteiger partial charge >= 0.3 is 0 Å². The van der Waals surface area contributed by atoms with Crippen molar-refractivity contribution in [3.63, 3.8) is 0 Å². The van der Waals surface area contributed by atoms with E-state index in [4.69, 9.17) is 0 Å². The van der Waals surface area contributed by atoms with E-state index in [2.05, 4.69) is 4.98 Å². The Morgan fingerprint density at radius 3 is 2.53 bits per heavy atom. The number of hydrogen-bond acceptors (Lipinski definition) is 2. The molecule has 0 radical (unpaired) electrons. The number of nitrogens with zero attached hydrogens (tertiary/aromatic N) is 1. The molecule has 1 aromatic heterocycles. The van der Waals surface area contributed by atoms with Gasteiger partial charge in [-0.1, -0.05) is 30.3 Å². The number of rotatable bonds is 2. The van der Waals surface area contributed by atoms with Crippen molar-refractivity contribution in [3.8, 4) is 0 Å². The molecule has 3 heteroatoms. The van der Waals surface area contributed by atoms with Crippen molar-refractivity contribution < 1.29 is 9.18 Å². The highest BCUT2D eigenvalue weighted by atomic mass is 19.1. The molecule has 0 amide bonds. The zero-order valence-electron chi connectivity index (χ0n) is 7.85. The Hall–Kier alpha value is -2.03. The van der Waals surface area contributed by atoms with Crippen LogP contribution in [0.5, 0.6) is 0 Å². The van der Waals surface area contributed by atoms with Crippen LogP contribution in [0, 0.1) is 5.82 Å². The number of pyridine rings is 1. The normalized spacial score (nSPS) is 9.93. The standard InChI is InChI=1S/C12H8FNO/c13-11-6-7-14-8-10(11)12(15)9-4-2-1-3-5-9/h1-8H. The van der Waals surface area contributed by atoms with E-state index in [9.17, 15) is 9.18 Å².